The normalized spacial score (nSPS) is 16.1. The summed E-state index contributed by atoms with van der Waals surface area (Å²) in [6.07, 6.45) is 3.62. The van der Waals surface area contributed by atoms with E-state index in [1.54, 1.807) is 16.8 Å². The summed E-state index contributed by atoms with van der Waals surface area (Å²) in [6, 6.07) is 6.31. The highest BCUT2D eigenvalue weighted by molar-refractivity contribution is 14.1. The Morgan fingerprint density at radius 1 is 1.31 bits per heavy atom. The molecule has 0 radical (unpaired) electrons. The van der Waals surface area contributed by atoms with Gasteiger partial charge in [0.1, 0.15) is 24.0 Å². The predicted molar refractivity (Wildman–Crippen MR) is 117 cm³/mol. The zero-order valence-electron chi connectivity index (χ0n) is 16.1. The second-order valence-corrected chi connectivity index (χ2v) is 8.09. The predicted octanol–water partition coefficient (Wildman–Crippen LogP) is 3.36. The van der Waals surface area contributed by atoms with Crippen molar-refractivity contribution in [2.75, 3.05) is 44.8 Å². The molecule has 2 aromatic heterocycles. The molecule has 0 saturated carbocycles. The van der Waals surface area contributed by atoms with Gasteiger partial charge in [-0.3, -0.25) is 4.90 Å². The number of benzene rings is 1. The molecule has 0 bridgehead atoms. The largest absolute Gasteiger partial charge is 0.492 e. The minimum atomic E-state index is -0.289. The van der Waals surface area contributed by atoms with Crippen molar-refractivity contribution < 1.29 is 13.9 Å². The molecular formula is C20H23FIN5O2. The third kappa shape index (κ3) is 4.96. The number of aromatic nitrogens is 3. The number of rotatable bonds is 7. The molecule has 1 unspecified atom stereocenters. The standard InChI is InChI=1S/C20H23FIN5O2/c1-14(24-19-4-5-27-20(25-19)17(22)13-23-27)16-12-15(21)2-3-18(16)29-11-8-26-6-9-28-10-7-26/h2-5,12-14H,6-11H2,1H3,(H,24,25). The van der Waals surface area contributed by atoms with Gasteiger partial charge in [0.2, 0.25) is 0 Å². The van der Waals surface area contributed by atoms with Gasteiger partial charge < -0.3 is 14.8 Å². The van der Waals surface area contributed by atoms with E-state index in [9.17, 15) is 4.39 Å². The zero-order valence-corrected chi connectivity index (χ0v) is 18.3. The molecule has 1 N–H and O–H groups in total. The topological polar surface area (TPSA) is 63.9 Å². The lowest BCUT2D eigenvalue weighted by Gasteiger charge is -2.26. The average molecular weight is 511 g/mol. The molecule has 0 aliphatic carbocycles. The summed E-state index contributed by atoms with van der Waals surface area (Å²) in [4.78, 5) is 6.91. The first kappa shape index (κ1) is 20.3. The monoisotopic (exact) mass is 511 g/mol. The van der Waals surface area contributed by atoms with Gasteiger partial charge in [0, 0.05) is 31.4 Å². The van der Waals surface area contributed by atoms with Crippen molar-refractivity contribution in [2.45, 2.75) is 13.0 Å². The summed E-state index contributed by atoms with van der Waals surface area (Å²) < 4.78 is 28.0. The molecule has 9 heteroatoms. The molecule has 3 aromatic rings. The van der Waals surface area contributed by atoms with Crippen LogP contribution in [0.1, 0.15) is 18.5 Å². The number of anilines is 1. The summed E-state index contributed by atoms with van der Waals surface area (Å²) in [5.74, 6) is 1.09. The number of fused-ring (bicyclic) bond motifs is 1. The van der Waals surface area contributed by atoms with Crippen LogP contribution in [-0.2, 0) is 4.74 Å². The number of morpholine rings is 1. The number of nitrogens with zero attached hydrogens (tertiary/aromatic N) is 4. The molecule has 1 aromatic carbocycles. The van der Waals surface area contributed by atoms with Crippen molar-refractivity contribution in [1.29, 1.82) is 0 Å². The zero-order chi connectivity index (χ0) is 20.2. The van der Waals surface area contributed by atoms with Crippen LogP contribution in [0.2, 0.25) is 0 Å². The van der Waals surface area contributed by atoms with Crippen LogP contribution in [0.15, 0.2) is 36.7 Å². The van der Waals surface area contributed by atoms with Crippen LogP contribution in [-0.4, -0.2) is 59.0 Å². The average Bonchev–Trinajstić information content (AvgIpc) is 3.10. The number of halogens is 2. The van der Waals surface area contributed by atoms with Gasteiger partial charge in [-0.05, 0) is 53.8 Å². The highest BCUT2D eigenvalue weighted by Crippen LogP contribution is 2.28. The van der Waals surface area contributed by atoms with Crippen molar-refractivity contribution in [3.05, 3.63) is 51.6 Å². The fourth-order valence-corrected chi connectivity index (χ4v) is 3.81. The van der Waals surface area contributed by atoms with E-state index < -0.39 is 0 Å². The lowest BCUT2D eigenvalue weighted by Crippen LogP contribution is -2.38. The Kier molecular flexibility index (Phi) is 6.46. The molecule has 1 saturated heterocycles. The summed E-state index contributed by atoms with van der Waals surface area (Å²) in [7, 11) is 0. The second-order valence-electron chi connectivity index (χ2n) is 6.92. The molecule has 154 valence electrons. The lowest BCUT2D eigenvalue weighted by atomic mass is 10.1. The van der Waals surface area contributed by atoms with E-state index in [0.717, 1.165) is 47.6 Å². The number of hydrogen-bond donors (Lipinski definition) is 1. The number of nitrogens with one attached hydrogen (secondary N) is 1. The van der Waals surface area contributed by atoms with Crippen LogP contribution in [0.25, 0.3) is 5.65 Å². The maximum absolute atomic E-state index is 13.9. The van der Waals surface area contributed by atoms with E-state index in [4.69, 9.17) is 9.47 Å². The van der Waals surface area contributed by atoms with Crippen molar-refractivity contribution >= 4 is 34.1 Å². The fraction of sp³-hybridized carbons (Fsp3) is 0.400. The smallest absolute Gasteiger partial charge is 0.170 e. The molecule has 1 fully saturated rings. The molecular weight excluding hydrogens is 488 g/mol. The highest BCUT2D eigenvalue weighted by atomic mass is 127. The summed E-state index contributed by atoms with van der Waals surface area (Å²) >= 11 is 2.20. The van der Waals surface area contributed by atoms with Crippen molar-refractivity contribution in [3.8, 4) is 5.75 Å². The fourth-order valence-electron chi connectivity index (χ4n) is 3.32. The van der Waals surface area contributed by atoms with Gasteiger partial charge in [-0.15, -0.1) is 0 Å². The molecule has 0 spiro atoms. The first-order valence-electron chi connectivity index (χ1n) is 9.59. The second kappa shape index (κ2) is 9.23. The Morgan fingerprint density at radius 2 is 2.14 bits per heavy atom. The van der Waals surface area contributed by atoms with Gasteiger partial charge in [-0.25, -0.2) is 13.9 Å². The molecule has 4 rings (SSSR count). The summed E-state index contributed by atoms with van der Waals surface area (Å²) in [5.41, 5.74) is 1.54. The Morgan fingerprint density at radius 3 is 2.97 bits per heavy atom. The van der Waals surface area contributed by atoms with Crippen molar-refractivity contribution in [1.82, 2.24) is 19.5 Å². The third-order valence-corrected chi connectivity index (χ3v) is 5.66. The lowest BCUT2D eigenvalue weighted by molar-refractivity contribution is 0.0322. The van der Waals surface area contributed by atoms with Crippen LogP contribution in [0.4, 0.5) is 10.2 Å². The van der Waals surface area contributed by atoms with Crippen LogP contribution in [0.3, 0.4) is 0 Å². The van der Waals surface area contributed by atoms with Gasteiger partial charge in [0.25, 0.3) is 0 Å². The first-order valence-corrected chi connectivity index (χ1v) is 10.7. The van der Waals surface area contributed by atoms with Crippen LogP contribution >= 0.6 is 22.6 Å². The minimum Gasteiger partial charge on any atom is -0.492 e. The quantitative estimate of drug-likeness (QED) is 0.491. The Balaban J connectivity index is 1.45. The SMILES string of the molecule is CC(Nc1ccn2ncc(I)c2n1)c1cc(F)ccc1OCCN1CCOCC1. The molecule has 3 heterocycles. The first-order chi connectivity index (χ1) is 14.1. The number of hydrogen-bond acceptors (Lipinski definition) is 6. The molecule has 1 aliphatic rings. The summed E-state index contributed by atoms with van der Waals surface area (Å²) in [5, 5.41) is 7.58. The van der Waals surface area contributed by atoms with E-state index in [0.29, 0.717) is 18.2 Å². The molecule has 7 nitrogen and oxygen atoms in total. The van der Waals surface area contributed by atoms with Gasteiger partial charge >= 0.3 is 0 Å². The van der Waals surface area contributed by atoms with Gasteiger partial charge in [0.15, 0.2) is 5.65 Å². The van der Waals surface area contributed by atoms with Gasteiger partial charge in [-0.1, -0.05) is 0 Å². The molecule has 1 aliphatic heterocycles. The van der Waals surface area contributed by atoms with Crippen LogP contribution in [0, 0.1) is 9.39 Å². The third-order valence-electron chi connectivity index (χ3n) is 4.90. The van der Waals surface area contributed by atoms with E-state index in [1.807, 2.05) is 19.2 Å². The van der Waals surface area contributed by atoms with E-state index >= 15 is 0 Å². The molecule has 1 atom stereocenters. The Labute approximate surface area is 182 Å². The maximum atomic E-state index is 13.9. The van der Waals surface area contributed by atoms with Gasteiger partial charge in [0.05, 0.1) is 29.0 Å². The molecule has 29 heavy (non-hydrogen) atoms. The number of ether oxygens (including phenoxy) is 2. The van der Waals surface area contributed by atoms with Gasteiger partial charge in [-0.2, -0.15) is 5.10 Å². The van der Waals surface area contributed by atoms with E-state index in [1.165, 1.54) is 12.1 Å². The van der Waals surface area contributed by atoms with Crippen LogP contribution < -0.4 is 10.1 Å². The Bertz CT molecular complexity index is 977. The minimum absolute atomic E-state index is 0.181. The van der Waals surface area contributed by atoms with Crippen molar-refractivity contribution in [3.63, 3.8) is 0 Å². The van der Waals surface area contributed by atoms with Crippen molar-refractivity contribution in [2.24, 2.45) is 0 Å². The summed E-state index contributed by atoms with van der Waals surface area (Å²) in [6.45, 7) is 6.69. The highest BCUT2D eigenvalue weighted by Gasteiger charge is 2.16. The van der Waals surface area contributed by atoms with E-state index in [2.05, 4.69) is 42.9 Å². The Hall–Kier alpha value is -1.98. The van der Waals surface area contributed by atoms with E-state index in [-0.39, 0.29) is 11.9 Å². The maximum Gasteiger partial charge on any atom is 0.170 e. The molecule has 0 amide bonds. The van der Waals surface area contributed by atoms with Crippen LogP contribution in [0.5, 0.6) is 5.75 Å².